The van der Waals surface area contributed by atoms with Crippen molar-refractivity contribution in [1.29, 1.82) is 0 Å². The lowest BCUT2D eigenvalue weighted by atomic mass is 9.79. The molecule has 0 unspecified atom stereocenters. The molecule has 0 atom stereocenters. The summed E-state index contributed by atoms with van der Waals surface area (Å²) < 4.78 is 0. The lowest BCUT2D eigenvalue weighted by Gasteiger charge is -2.48. The lowest BCUT2D eigenvalue weighted by Crippen LogP contribution is -2.57. The van der Waals surface area contributed by atoms with E-state index in [0.29, 0.717) is 22.4 Å². The predicted molar refractivity (Wildman–Crippen MR) is 96.6 cm³/mol. The van der Waals surface area contributed by atoms with Crippen molar-refractivity contribution >= 4 is 5.82 Å². The molecular formula is C18H19N7O. The largest absolute Gasteiger partial charge is 0.493 e. The SMILES string of the molecule is Oc1nc(-c2cn[nH]c2)ccc1-c1ccc(N2CC3(CCNC3)C2)nn1. The van der Waals surface area contributed by atoms with Crippen LogP contribution >= 0.6 is 0 Å². The van der Waals surface area contributed by atoms with E-state index in [9.17, 15) is 5.11 Å². The van der Waals surface area contributed by atoms with Crippen molar-refractivity contribution in [2.24, 2.45) is 5.41 Å². The first-order valence-electron chi connectivity index (χ1n) is 8.71. The van der Waals surface area contributed by atoms with Crippen LogP contribution in [0, 0.1) is 5.41 Å². The van der Waals surface area contributed by atoms with Crippen molar-refractivity contribution in [3.05, 3.63) is 36.7 Å². The van der Waals surface area contributed by atoms with E-state index in [-0.39, 0.29) is 5.88 Å². The van der Waals surface area contributed by atoms with Gasteiger partial charge < -0.3 is 15.3 Å². The van der Waals surface area contributed by atoms with Gasteiger partial charge in [0.05, 0.1) is 23.1 Å². The number of pyridine rings is 1. The van der Waals surface area contributed by atoms with Gasteiger partial charge in [-0.3, -0.25) is 5.10 Å². The van der Waals surface area contributed by atoms with Crippen molar-refractivity contribution in [2.75, 3.05) is 31.1 Å². The monoisotopic (exact) mass is 349 g/mol. The maximum Gasteiger partial charge on any atom is 0.221 e. The first-order valence-corrected chi connectivity index (χ1v) is 8.71. The normalized spacial score (nSPS) is 18.2. The van der Waals surface area contributed by atoms with Gasteiger partial charge in [0.1, 0.15) is 0 Å². The highest BCUT2D eigenvalue weighted by atomic mass is 16.3. The number of hydrogen-bond donors (Lipinski definition) is 3. The van der Waals surface area contributed by atoms with E-state index >= 15 is 0 Å². The maximum absolute atomic E-state index is 10.3. The zero-order valence-electron chi connectivity index (χ0n) is 14.2. The summed E-state index contributed by atoms with van der Waals surface area (Å²) in [4.78, 5) is 6.49. The fourth-order valence-corrected chi connectivity index (χ4v) is 3.83. The second kappa shape index (κ2) is 5.77. The van der Waals surface area contributed by atoms with E-state index in [0.717, 1.165) is 37.6 Å². The molecule has 2 aliphatic heterocycles. The van der Waals surface area contributed by atoms with Crippen molar-refractivity contribution in [3.63, 3.8) is 0 Å². The Labute approximate surface area is 150 Å². The number of aromatic amines is 1. The third-order valence-electron chi connectivity index (χ3n) is 5.30. The minimum atomic E-state index is -0.0642. The van der Waals surface area contributed by atoms with Crippen LogP contribution in [-0.2, 0) is 0 Å². The number of hydrogen-bond acceptors (Lipinski definition) is 7. The van der Waals surface area contributed by atoms with Crippen LogP contribution in [0.25, 0.3) is 22.5 Å². The molecule has 0 aromatic carbocycles. The smallest absolute Gasteiger partial charge is 0.221 e. The first kappa shape index (κ1) is 15.3. The first-order chi connectivity index (χ1) is 12.7. The number of nitrogens with one attached hydrogen (secondary N) is 2. The Balaban J connectivity index is 1.34. The number of nitrogens with zero attached hydrogens (tertiary/aromatic N) is 5. The van der Waals surface area contributed by atoms with Gasteiger partial charge in [0.15, 0.2) is 5.82 Å². The van der Waals surface area contributed by atoms with Crippen molar-refractivity contribution in [1.82, 2.24) is 30.7 Å². The zero-order chi connectivity index (χ0) is 17.6. The average molecular weight is 349 g/mol. The van der Waals surface area contributed by atoms with Crippen LogP contribution in [0.2, 0.25) is 0 Å². The molecule has 2 fully saturated rings. The Morgan fingerprint density at radius 1 is 1.08 bits per heavy atom. The minimum Gasteiger partial charge on any atom is -0.493 e. The Kier molecular flexibility index (Phi) is 3.39. The van der Waals surface area contributed by atoms with E-state index in [1.165, 1.54) is 6.42 Å². The summed E-state index contributed by atoms with van der Waals surface area (Å²) in [5.41, 5.74) is 3.07. The predicted octanol–water partition coefficient (Wildman–Crippen LogP) is 1.43. The molecule has 0 radical (unpaired) electrons. The molecule has 5 rings (SSSR count). The summed E-state index contributed by atoms with van der Waals surface area (Å²) >= 11 is 0. The molecule has 8 nitrogen and oxygen atoms in total. The van der Waals surface area contributed by atoms with Gasteiger partial charge in [-0.15, -0.1) is 10.2 Å². The van der Waals surface area contributed by atoms with Gasteiger partial charge in [0, 0.05) is 36.8 Å². The molecule has 0 saturated carbocycles. The molecule has 5 heterocycles. The van der Waals surface area contributed by atoms with Gasteiger partial charge in [-0.1, -0.05) is 0 Å². The number of anilines is 1. The summed E-state index contributed by atoms with van der Waals surface area (Å²) in [6.45, 7) is 4.26. The van der Waals surface area contributed by atoms with Crippen LogP contribution in [0.5, 0.6) is 5.88 Å². The number of H-pyrrole nitrogens is 1. The van der Waals surface area contributed by atoms with Crippen LogP contribution in [0.15, 0.2) is 36.7 Å². The van der Waals surface area contributed by atoms with E-state index in [4.69, 9.17) is 0 Å². The molecule has 132 valence electrons. The highest BCUT2D eigenvalue weighted by Crippen LogP contribution is 2.38. The Morgan fingerprint density at radius 2 is 1.96 bits per heavy atom. The minimum absolute atomic E-state index is 0.0642. The summed E-state index contributed by atoms with van der Waals surface area (Å²) in [6, 6.07) is 7.48. The van der Waals surface area contributed by atoms with E-state index in [1.54, 1.807) is 18.5 Å². The van der Waals surface area contributed by atoms with Gasteiger partial charge in [-0.05, 0) is 37.2 Å². The van der Waals surface area contributed by atoms with E-state index in [1.807, 2.05) is 18.2 Å². The van der Waals surface area contributed by atoms with Gasteiger partial charge in [0.25, 0.3) is 0 Å². The maximum atomic E-state index is 10.3. The molecule has 3 aromatic heterocycles. The molecule has 2 saturated heterocycles. The molecular weight excluding hydrogens is 330 g/mol. The summed E-state index contributed by atoms with van der Waals surface area (Å²) in [5, 5.41) is 29.0. The zero-order valence-corrected chi connectivity index (χ0v) is 14.2. The fraction of sp³-hybridized carbons (Fsp3) is 0.333. The second-order valence-electron chi connectivity index (χ2n) is 7.11. The Bertz CT molecular complexity index is 909. The van der Waals surface area contributed by atoms with Gasteiger partial charge in [-0.25, -0.2) is 4.98 Å². The topological polar surface area (TPSA) is 103 Å². The van der Waals surface area contributed by atoms with Crippen LogP contribution in [0.3, 0.4) is 0 Å². The highest BCUT2D eigenvalue weighted by molar-refractivity contribution is 5.69. The summed E-state index contributed by atoms with van der Waals surface area (Å²) in [6.07, 6.45) is 4.63. The number of aromatic nitrogens is 5. The van der Waals surface area contributed by atoms with Crippen LogP contribution in [0.4, 0.5) is 5.82 Å². The summed E-state index contributed by atoms with van der Waals surface area (Å²) in [5.74, 6) is 0.819. The molecule has 0 bridgehead atoms. The number of aromatic hydroxyl groups is 1. The molecule has 2 aliphatic rings. The fourth-order valence-electron chi connectivity index (χ4n) is 3.83. The van der Waals surface area contributed by atoms with E-state index < -0.39 is 0 Å². The van der Waals surface area contributed by atoms with E-state index in [2.05, 4.69) is 35.6 Å². The third kappa shape index (κ3) is 2.50. The van der Waals surface area contributed by atoms with Gasteiger partial charge in [0.2, 0.25) is 5.88 Å². The van der Waals surface area contributed by atoms with Crippen molar-refractivity contribution < 1.29 is 5.11 Å². The molecule has 3 N–H and O–H groups in total. The number of rotatable bonds is 3. The standard InChI is InChI=1S/C18H19N7O/c26-17-13(1-2-14(22-17)12-7-20-21-8-12)15-3-4-16(24-23-15)25-10-18(11-25)5-6-19-9-18/h1-4,7-8,19H,5-6,9-11H2,(H,20,21)(H,22,26). The van der Waals surface area contributed by atoms with Crippen LogP contribution < -0.4 is 10.2 Å². The molecule has 0 amide bonds. The average Bonchev–Trinajstić information content (AvgIpc) is 3.33. The second-order valence-corrected chi connectivity index (χ2v) is 7.11. The van der Waals surface area contributed by atoms with Gasteiger partial charge in [-0.2, -0.15) is 5.10 Å². The quantitative estimate of drug-likeness (QED) is 0.657. The van der Waals surface area contributed by atoms with Crippen molar-refractivity contribution in [2.45, 2.75) is 6.42 Å². The molecule has 1 spiro atoms. The van der Waals surface area contributed by atoms with Crippen LogP contribution in [0.1, 0.15) is 6.42 Å². The lowest BCUT2D eigenvalue weighted by molar-refractivity contribution is 0.241. The summed E-state index contributed by atoms with van der Waals surface area (Å²) in [7, 11) is 0. The highest BCUT2D eigenvalue weighted by Gasteiger charge is 2.45. The van der Waals surface area contributed by atoms with Crippen LogP contribution in [-0.4, -0.2) is 56.7 Å². The Morgan fingerprint density at radius 3 is 2.62 bits per heavy atom. The Hall–Kier alpha value is -3.00. The van der Waals surface area contributed by atoms with Crippen molar-refractivity contribution in [3.8, 4) is 28.4 Å². The molecule has 26 heavy (non-hydrogen) atoms. The molecule has 0 aliphatic carbocycles. The molecule has 3 aromatic rings. The third-order valence-corrected chi connectivity index (χ3v) is 5.30. The van der Waals surface area contributed by atoms with Gasteiger partial charge >= 0.3 is 0 Å². The molecule has 8 heteroatoms.